The van der Waals surface area contributed by atoms with Crippen molar-refractivity contribution in [2.75, 3.05) is 11.9 Å². The van der Waals surface area contributed by atoms with E-state index in [0.29, 0.717) is 0 Å². The molecule has 0 saturated carbocycles. The zero-order valence-electron chi connectivity index (χ0n) is 8.89. The van der Waals surface area contributed by atoms with Gasteiger partial charge in [-0.3, -0.25) is 4.99 Å². The SMILES string of the molecule is Cc1cc(F)cc(NC2=NCCCC2)c1. The van der Waals surface area contributed by atoms with Crippen molar-refractivity contribution in [1.29, 1.82) is 0 Å². The summed E-state index contributed by atoms with van der Waals surface area (Å²) in [5.74, 6) is 0.778. The molecule has 0 atom stereocenters. The van der Waals surface area contributed by atoms with Crippen LogP contribution in [0.15, 0.2) is 23.2 Å². The van der Waals surface area contributed by atoms with Gasteiger partial charge in [-0.15, -0.1) is 0 Å². The van der Waals surface area contributed by atoms with Crippen molar-refractivity contribution in [1.82, 2.24) is 0 Å². The molecule has 0 amide bonds. The number of aryl methyl sites for hydroxylation is 1. The van der Waals surface area contributed by atoms with Crippen LogP contribution in [0.1, 0.15) is 24.8 Å². The monoisotopic (exact) mass is 206 g/mol. The second-order valence-electron chi connectivity index (χ2n) is 3.93. The van der Waals surface area contributed by atoms with Crippen LogP contribution >= 0.6 is 0 Å². The van der Waals surface area contributed by atoms with Gasteiger partial charge in [-0.25, -0.2) is 4.39 Å². The summed E-state index contributed by atoms with van der Waals surface area (Å²) in [6.45, 7) is 2.77. The van der Waals surface area contributed by atoms with Gasteiger partial charge in [0.05, 0.1) is 0 Å². The van der Waals surface area contributed by atoms with Crippen molar-refractivity contribution in [3.8, 4) is 0 Å². The largest absolute Gasteiger partial charge is 0.344 e. The Morgan fingerprint density at radius 1 is 1.27 bits per heavy atom. The summed E-state index contributed by atoms with van der Waals surface area (Å²) < 4.78 is 13.1. The number of nitrogens with zero attached hydrogens (tertiary/aromatic N) is 1. The maximum atomic E-state index is 13.1. The third-order valence-corrected chi connectivity index (χ3v) is 2.46. The molecule has 2 nitrogen and oxygen atoms in total. The van der Waals surface area contributed by atoms with Gasteiger partial charge in [0.25, 0.3) is 0 Å². The first-order valence-corrected chi connectivity index (χ1v) is 5.31. The zero-order valence-corrected chi connectivity index (χ0v) is 8.89. The van der Waals surface area contributed by atoms with Gasteiger partial charge in [-0.1, -0.05) is 0 Å². The smallest absolute Gasteiger partial charge is 0.125 e. The van der Waals surface area contributed by atoms with Crippen LogP contribution < -0.4 is 5.32 Å². The average molecular weight is 206 g/mol. The summed E-state index contributed by atoms with van der Waals surface area (Å²) in [5.41, 5.74) is 1.72. The van der Waals surface area contributed by atoms with Crippen molar-refractivity contribution in [3.63, 3.8) is 0 Å². The fourth-order valence-electron chi connectivity index (χ4n) is 1.77. The van der Waals surface area contributed by atoms with Gasteiger partial charge >= 0.3 is 0 Å². The summed E-state index contributed by atoms with van der Waals surface area (Å²) in [7, 11) is 0. The van der Waals surface area contributed by atoms with E-state index in [0.717, 1.165) is 36.5 Å². The molecule has 0 aromatic heterocycles. The van der Waals surface area contributed by atoms with E-state index in [1.165, 1.54) is 18.6 Å². The number of nitrogens with one attached hydrogen (secondary N) is 1. The van der Waals surface area contributed by atoms with Gasteiger partial charge < -0.3 is 5.32 Å². The molecule has 0 bridgehead atoms. The standard InChI is InChI=1S/C12H15FN2/c1-9-6-10(13)8-11(7-9)15-12-4-2-3-5-14-12/h6-8H,2-5H2,1H3,(H,14,15). The molecule has 0 spiro atoms. The Hall–Kier alpha value is -1.38. The third-order valence-electron chi connectivity index (χ3n) is 2.46. The van der Waals surface area contributed by atoms with Gasteiger partial charge in [0.2, 0.25) is 0 Å². The molecule has 80 valence electrons. The van der Waals surface area contributed by atoms with E-state index in [4.69, 9.17) is 0 Å². The first kappa shape index (κ1) is 10.1. The number of rotatable bonds is 1. The normalized spacial score (nSPS) is 16.0. The second kappa shape index (κ2) is 4.43. The number of hydrogen-bond acceptors (Lipinski definition) is 2. The fourth-order valence-corrected chi connectivity index (χ4v) is 1.77. The van der Waals surface area contributed by atoms with Crippen molar-refractivity contribution >= 4 is 11.5 Å². The van der Waals surface area contributed by atoms with Crippen molar-refractivity contribution < 1.29 is 4.39 Å². The lowest BCUT2D eigenvalue weighted by atomic mass is 10.1. The first-order valence-electron chi connectivity index (χ1n) is 5.31. The van der Waals surface area contributed by atoms with E-state index < -0.39 is 0 Å². The Labute approximate surface area is 89.2 Å². The van der Waals surface area contributed by atoms with E-state index in [-0.39, 0.29) is 5.82 Å². The van der Waals surface area contributed by atoms with E-state index in [1.54, 1.807) is 0 Å². The maximum Gasteiger partial charge on any atom is 0.125 e. The van der Waals surface area contributed by atoms with Crippen LogP contribution in [0.2, 0.25) is 0 Å². The fraction of sp³-hybridized carbons (Fsp3) is 0.417. The molecule has 15 heavy (non-hydrogen) atoms. The van der Waals surface area contributed by atoms with Crippen LogP contribution in [0.3, 0.4) is 0 Å². The number of anilines is 1. The predicted octanol–water partition coefficient (Wildman–Crippen LogP) is 3.13. The van der Waals surface area contributed by atoms with Gasteiger partial charge in [0.1, 0.15) is 11.7 Å². The Morgan fingerprint density at radius 3 is 2.80 bits per heavy atom. The van der Waals surface area contributed by atoms with Crippen LogP contribution in [-0.4, -0.2) is 12.4 Å². The summed E-state index contributed by atoms with van der Waals surface area (Å²) in [6.07, 6.45) is 3.29. The average Bonchev–Trinajstić information content (AvgIpc) is 2.17. The lowest BCUT2D eigenvalue weighted by molar-refractivity contribution is 0.627. The molecule has 1 heterocycles. The highest BCUT2D eigenvalue weighted by atomic mass is 19.1. The quantitative estimate of drug-likeness (QED) is 0.750. The third kappa shape index (κ3) is 2.78. The van der Waals surface area contributed by atoms with Crippen molar-refractivity contribution in [2.45, 2.75) is 26.2 Å². The summed E-state index contributed by atoms with van der Waals surface area (Å²) >= 11 is 0. The summed E-state index contributed by atoms with van der Waals surface area (Å²) in [6, 6.07) is 4.96. The number of aliphatic imine (C=N–C) groups is 1. The molecule has 1 N–H and O–H groups in total. The number of benzene rings is 1. The first-order chi connectivity index (χ1) is 7.24. The maximum absolute atomic E-state index is 13.1. The number of amidine groups is 1. The van der Waals surface area contributed by atoms with Crippen molar-refractivity contribution in [2.24, 2.45) is 4.99 Å². The van der Waals surface area contributed by atoms with Crippen LogP contribution in [0.25, 0.3) is 0 Å². The molecule has 0 radical (unpaired) electrons. The molecule has 1 aromatic rings. The Bertz CT molecular complexity index is 365. The van der Waals surface area contributed by atoms with Crippen LogP contribution in [0.4, 0.5) is 10.1 Å². The lowest BCUT2D eigenvalue weighted by Gasteiger charge is -2.14. The zero-order chi connectivity index (χ0) is 10.7. The highest BCUT2D eigenvalue weighted by Gasteiger charge is 2.06. The molecule has 0 unspecified atom stereocenters. The van der Waals surface area contributed by atoms with E-state index in [1.807, 2.05) is 13.0 Å². The molecule has 1 aliphatic rings. The molecule has 2 rings (SSSR count). The molecular weight excluding hydrogens is 191 g/mol. The van der Waals surface area contributed by atoms with E-state index in [9.17, 15) is 4.39 Å². The Kier molecular flexibility index (Phi) is 2.99. The summed E-state index contributed by atoms with van der Waals surface area (Å²) in [4.78, 5) is 4.37. The van der Waals surface area contributed by atoms with Gasteiger partial charge in [0, 0.05) is 18.7 Å². The van der Waals surface area contributed by atoms with Crippen LogP contribution in [-0.2, 0) is 0 Å². The van der Waals surface area contributed by atoms with Gasteiger partial charge in [-0.2, -0.15) is 0 Å². The molecular formula is C12H15FN2. The lowest BCUT2D eigenvalue weighted by Crippen LogP contribution is -2.16. The Balaban J connectivity index is 2.12. The molecule has 0 aliphatic carbocycles. The summed E-state index contributed by atoms with van der Waals surface area (Å²) in [5, 5.41) is 3.17. The van der Waals surface area contributed by atoms with Crippen LogP contribution in [0, 0.1) is 12.7 Å². The van der Waals surface area contributed by atoms with E-state index in [2.05, 4.69) is 10.3 Å². The van der Waals surface area contributed by atoms with Crippen LogP contribution in [0.5, 0.6) is 0 Å². The van der Waals surface area contributed by atoms with Gasteiger partial charge in [0.15, 0.2) is 0 Å². The number of halogens is 1. The molecule has 0 fully saturated rings. The minimum absolute atomic E-state index is 0.200. The topological polar surface area (TPSA) is 24.4 Å². The minimum atomic E-state index is -0.200. The highest BCUT2D eigenvalue weighted by Crippen LogP contribution is 2.15. The molecule has 1 aliphatic heterocycles. The molecule has 0 saturated heterocycles. The minimum Gasteiger partial charge on any atom is -0.344 e. The van der Waals surface area contributed by atoms with Crippen molar-refractivity contribution in [3.05, 3.63) is 29.6 Å². The van der Waals surface area contributed by atoms with Gasteiger partial charge in [-0.05, 0) is 43.5 Å². The second-order valence-corrected chi connectivity index (χ2v) is 3.93. The predicted molar refractivity (Wildman–Crippen MR) is 60.9 cm³/mol. The molecule has 3 heteroatoms. The molecule has 1 aromatic carbocycles. The Morgan fingerprint density at radius 2 is 2.13 bits per heavy atom. The number of hydrogen-bond donors (Lipinski definition) is 1. The van der Waals surface area contributed by atoms with E-state index >= 15 is 0 Å². The highest BCUT2D eigenvalue weighted by molar-refractivity contribution is 5.95.